The Bertz CT molecular complexity index is 690. The fraction of sp³-hybridized carbons (Fsp3) is 0.0714. The van der Waals surface area contributed by atoms with Crippen LogP contribution in [-0.4, -0.2) is 24.0 Å². The number of methoxy groups -OCH3 is 1. The van der Waals surface area contributed by atoms with Crippen molar-refractivity contribution in [2.75, 3.05) is 7.11 Å². The number of hydrogen-bond donors (Lipinski definition) is 1. The molecule has 0 radical (unpaired) electrons. The molecule has 0 unspecified atom stereocenters. The Morgan fingerprint density at radius 2 is 1.80 bits per heavy atom. The Balaban J connectivity index is 2.30. The Labute approximate surface area is 114 Å². The maximum absolute atomic E-state index is 11.9. The van der Waals surface area contributed by atoms with Crippen LogP contribution in [0.1, 0.15) is 20.7 Å². The van der Waals surface area contributed by atoms with E-state index >= 15 is 0 Å². The van der Waals surface area contributed by atoms with Crippen LogP contribution < -0.4 is 10.3 Å². The summed E-state index contributed by atoms with van der Waals surface area (Å²) in [4.78, 5) is 37.2. The van der Waals surface area contributed by atoms with Crippen molar-refractivity contribution in [3.63, 3.8) is 0 Å². The first-order valence-corrected chi connectivity index (χ1v) is 5.70. The molecule has 1 N–H and O–H groups in total. The first-order valence-electron chi connectivity index (χ1n) is 5.70. The summed E-state index contributed by atoms with van der Waals surface area (Å²) >= 11 is 0. The smallest absolute Gasteiger partial charge is 0.349 e. The molecular formula is C14H11NO5. The molecule has 0 saturated carbocycles. The summed E-state index contributed by atoms with van der Waals surface area (Å²) in [5.74, 6) is -1.20. The standard InChI is InChI=1S/C14H11NO5/c1-19-13(17)9-7-11(12(16)15-8-9)14(18)20-10-5-3-2-4-6-10/h2-8H,1H3,(H,15,16). The van der Waals surface area contributed by atoms with Crippen LogP contribution in [0.5, 0.6) is 5.75 Å². The predicted molar refractivity (Wildman–Crippen MR) is 69.8 cm³/mol. The summed E-state index contributed by atoms with van der Waals surface area (Å²) in [5.41, 5.74) is -0.845. The third-order valence-electron chi connectivity index (χ3n) is 2.50. The third-order valence-corrected chi connectivity index (χ3v) is 2.50. The van der Waals surface area contributed by atoms with E-state index in [1.807, 2.05) is 0 Å². The van der Waals surface area contributed by atoms with Crippen LogP contribution in [0, 0.1) is 0 Å². The maximum atomic E-state index is 11.9. The number of hydrogen-bond acceptors (Lipinski definition) is 5. The van der Waals surface area contributed by atoms with Gasteiger partial charge in [0.05, 0.1) is 12.7 Å². The van der Waals surface area contributed by atoms with Gasteiger partial charge in [0.25, 0.3) is 5.56 Å². The van der Waals surface area contributed by atoms with Crippen LogP contribution in [-0.2, 0) is 4.74 Å². The summed E-state index contributed by atoms with van der Waals surface area (Å²) < 4.78 is 9.55. The summed E-state index contributed by atoms with van der Waals surface area (Å²) in [5, 5.41) is 0. The van der Waals surface area contributed by atoms with Gasteiger partial charge in [0.2, 0.25) is 0 Å². The molecule has 0 aliphatic heterocycles. The normalized spacial score (nSPS) is 9.85. The lowest BCUT2D eigenvalue weighted by molar-refractivity contribution is 0.0600. The maximum Gasteiger partial charge on any atom is 0.349 e. The molecule has 1 aromatic heterocycles. The zero-order valence-electron chi connectivity index (χ0n) is 10.6. The zero-order chi connectivity index (χ0) is 14.5. The number of carbonyl (C=O) groups excluding carboxylic acids is 2. The van der Waals surface area contributed by atoms with E-state index in [0.29, 0.717) is 5.75 Å². The van der Waals surface area contributed by atoms with Gasteiger partial charge in [-0.3, -0.25) is 4.79 Å². The molecule has 0 aliphatic rings. The zero-order valence-corrected chi connectivity index (χ0v) is 10.6. The minimum absolute atomic E-state index is 0.0621. The van der Waals surface area contributed by atoms with Gasteiger partial charge in [-0.25, -0.2) is 9.59 Å². The van der Waals surface area contributed by atoms with E-state index in [1.165, 1.54) is 13.3 Å². The van der Waals surface area contributed by atoms with Crippen molar-refractivity contribution in [1.29, 1.82) is 0 Å². The van der Waals surface area contributed by atoms with E-state index in [9.17, 15) is 14.4 Å². The number of carbonyl (C=O) groups is 2. The monoisotopic (exact) mass is 273 g/mol. The van der Waals surface area contributed by atoms with Gasteiger partial charge in [0.1, 0.15) is 11.3 Å². The summed E-state index contributed by atoms with van der Waals surface area (Å²) in [7, 11) is 1.20. The molecule has 2 rings (SSSR count). The molecule has 102 valence electrons. The number of benzene rings is 1. The van der Waals surface area contributed by atoms with Crippen molar-refractivity contribution in [3.8, 4) is 5.75 Å². The highest BCUT2D eigenvalue weighted by molar-refractivity contribution is 5.95. The van der Waals surface area contributed by atoms with Gasteiger partial charge in [0.15, 0.2) is 0 Å². The van der Waals surface area contributed by atoms with Crippen LogP contribution >= 0.6 is 0 Å². The van der Waals surface area contributed by atoms with E-state index in [2.05, 4.69) is 9.72 Å². The number of rotatable bonds is 3. The SMILES string of the molecule is COC(=O)c1c[nH]c(=O)c(C(=O)Oc2ccccc2)c1. The van der Waals surface area contributed by atoms with E-state index in [-0.39, 0.29) is 11.1 Å². The lowest BCUT2D eigenvalue weighted by atomic mass is 10.2. The highest BCUT2D eigenvalue weighted by Crippen LogP contribution is 2.11. The fourth-order valence-corrected chi connectivity index (χ4v) is 1.52. The molecule has 2 aromatic rings. The summed E-state index contributed by atoms with van der Waals surface area (Å²) in [6, 6.07) is 9.44. The van der Waals surface area contributed by atoms with Gasteiger partial charge in [-0.1, -0.05) is 18.2 Å². The Kier molecular flexibility index (Phi) is 3.95. The minimum Gasteiger partial charge on any atom is -0.465 e. The number of nitrogens with one attached hydrogen (secondary N) is 1. The lowest BCUT2D eigenvalue weighted by Crippen LogP contribution is -2.22. The molecule has 0 saturated heterocycles. The number of esters is 2. The molecule has 0 atom stereocenters. The third kappa shape index (κ3) is 2.92. The van der Waals surface area contributed by atoms with E-state index < -0.39 is 17.5 Å². The van der Waals surface area contributed by atoms with Crippen LogP contribution in [0.15, 0.2) is 47.4 Å². The highest BCUT2D eigenvalue weighted by atomic mass is 16.5. The van der Waals surface area contributed by atoms with E-state index in [1.54, 1.807) is 30.3 Å². The minimum atomic E-state index is -0.844. The number of H-pyrrole nitrogens is 1. The van der Waals surface area contributed by atoms with Gasteiger partial charge in [-0.15, -0.1) is 0 Å². The van der Waals surface area contributed by atoms with Crippen molar-refractivity contribution in [1.82, 2.24) is 4.98 Å². The first-order chi connectivity index (χ1) is 9.61. The molecule has 0 amide bonds. The van der Waals surface area contributed by atoms with Crippen molar-refractivity contribution in [2.24, 2.45) is 0 Å². The second-order valence-corrected chi connectivity index (χ2v) is 3.83. The first kappa shape index (κ1) is 13.5. The number of pyridine rings is 1. The number of para-hydroxylation sites is 1. The molecule has 6 heteroatoms. The fourth-order valence-electron chi connectivity index (χ4n) is 1.52. The largest absolute Gasteiger partial charge is 0.465 e. The van der Waals surface area contributed by atoms with Crippen LogP contribution in [0.3, 0.4) is 0 Å². The van der Waals surface area contributed by atoms with Crippen molar-refractivity contribution in [3.05, 3.63) is 64.1 Å². The van der Waals surface area contributed by atoms with Gasteiger partial charge in [-0.05, 0) is 18.2 Å². The molecule has 20 heavy (non-hydrogen) atoms. The van der Waals surface area contributed by atoms with Gasteiger partial charge >= 0.3 is 11.9 Å². The number of aromatic nitrogens is 1. The lowest BCUT2D eigenvalue weighted by Gasteiger charge is -2.04. The molecule has 0 aliphatic carbocycles. The Morgan fingerprint density at radius 3 is 2.45 bits per heavy atom. The quantitative estimate of drug-likeness (QED) is 0.674. The average molecular weight is 273 g/mol. The highest BCUT2D eigenvalue weighted by Gasteiger charge is 2.16. The average Bonchev–Trinajstić information content (AvgIpc) is 2.48. The van der Waals surface area contributed by atoms with Gasteiger partial charge < -0.3 is 14.5 Å². The second kappa shape index (κ2) is 5.83. The molecule has 0 fully saturated rings. The predicted octanol–water partition coefficient (Wildman–Crippen LogP) is 1.38. The Morgan fingerprint density at radius 1 is 1.10 bits per heavy atom. The van der Waals surface area contributed by atoms with Crippen molar-refractivity contribution in [2.45, 2.75) is 0 Å². The number of ether oxygens (including phenoxy) is 2. The summed E-state index contributed by atoms with van der Waals surface area (Å²) in [6.07, 6.45) is 1.17. The van der Waals surface area contributed by atoms with Gasteiger partial charge in [-0.2, -0.15) is 0 Å². The molecule has 0 bridgehead atoms. The van der Waals surface area contributed by atoms with Crippen LogP contribution in [0.4, 0.5) is 0 Å². The van der Waals surface area contributed by atoms with Crippen LogP contribution in [0.25, 0.3) is 0 Å². The molecule has 0 spiro atoms. The van der Waals surface area contributed by atoms with Gasteiger partial charge in [0, 0.05) is 6.20 Å². The van der Waals surface area contributed by atoms with Crippen molar-refractivity contribution < 1.29 is 19.1 Å². The van der Waals surface area contributed by atoms with E-state index in [4.69, 9.17) is 4.74 Å². The Hall–Kier alpha value is -2.89. The molecule has 1 heterocycles. The summed E-state index contributed by atoms with van der Waals surface area (Å²) in [6.45, 7) is 0. The topological polar surface area (TPSA) is 85.5 Å². The van der Waals surface area contributed by atoms with Crippen molar-refractivity contribution >= 4 is 11.9 Å². The second-order valence-electron chi connectivity index (χ2n) is 3.83. The molecule has 1 aromatic carbocycles. The molecule has 6 nitrogen and oxygen atoms in total. The number of aromatic amines is 1. The molecular weight excluding hydrogens is 262 g/mol. The van der Waals surface area contributed by atoms with Crippen LogP contribution in [0.2, 0.25) is 0 Å². The van der Waals surface area contributed by atoms with E-state index in [0.717, 1.165) is 6.07 Å².